The molecule has 4 nitrogen and oxygen atoms in total. The fourth-order valence-corrected chi connectivity index (χ4v) is 1.73. The first-order valence-electron chi connectivity index (χ1n) is 6.04. The lowest BCUT2D eigenvalue weighted by Gasteiger charge is -2.10. The van der Waals surface area contributed by atoms with Crippen LogP contribution in [0.5, 0.6) is 0 Å². The predicted molar refractivity (Wildman–Crippen MR) is 70.0 cm³/mol. The van der Waals surface area contributed by atoms with Crippen molar-refractivity contribution in [3.05, 3.63) is 47.4 Å². The van der Waals surface area contributed by atoms with E-state index in [2.05, 4.69) is 15.3 Å². The average Bonchev–Trinajstić information content (AvgIpc) is 2.37. The maximum absolute atomic E-state index is 13.0. The first-order chi connectivity index (χ1) is 9.84. The van der Waals surface area contributed by atoms with Gasteiger partial charge >= 0.3 is 6.18 Å². The molecule has 0 aliphatic rings. The third-order valence-corrected chi connectivity index (χ3v) is 2.64. The van der Waals surface area contributed by atoms with Crippen molar-refractivity contribution in [3.63, 3.8) is 0 Å². The molecule has 8 heteroatoms. The molecule has 0 radical (unpaired) electrons. The number of benzene rings is 1. The molecule has 0 fully saturated rings. The highest BCUT2D eigenvalue weighted by atomic mass is 19.4. The molecule has 112 valence electrons. The molecule has 0 amide bonds. The molecule has 0 saturated carbocycles. The Morgan fingerprint density at radius 3 is 2.57 bits per heavy atom. The first-order valence-corrected chi connectivity index (χ1v) is 6.04. The highest BCUT2D eigenvalue weighted by molar-refractivity contribution is 5.41. The molecule has 0 saturated heterocycles. The Hall–Kier alpha value is -2.38. The fourth-order valence-electron chi connectivity index (χ4n) is 1.73. The summed E-state index contributed by atoms with van der Waals surface area (Å²) in [5.41, 5.74) is 4.86. The van der Waals surface area contributed by atoms with Crippen LogP contribution in [0.3, 0.4) is 0 Å². The summed E-state index contributed by atoms with van der Waals surface area (Å²) in [6, 6.07) is 6.74. The Morgan fingerprint density at radius 1 is 1.14 bits per heavy atom. The van der Waals surface area contributed by atoms with Gasteiger partial charge in [0.1, 0.15) is 11.6 Å². The summed E-state index contributed by atoms with van der Waals surface area (Å²) >= 11 is 0. The quantitative estimate of drug-likeness (QED) is 0.852. The number of aromatic nitrogens is 2. The van der Waals surface area contributed by atoms with Crippen LogP contribution >= 0.6 is 0 Å². The lowest BCUT2D eigenvalue weighted by Crippen LogP contribution is -2.14. The van der Waals surface area contributed by atoms with Gasteiger partial charge in [-0.05, 0) is 24.1 Å². The van der Waals surface area contributed by atoms with Gasteiger partial charge in [-0.1, -0.05) is 12.1 Å². The van der Waals surface area contributed by atoms with Crippen molar-refractivity contribution in [1.82, 2.24) is 9.97 Å². The third-order valence-electron chi connectivity index (χ3n) is 2.64. The van der Waals surface area contributed by atoms with Crippen LogP contribution in [0.2, 0.25) is 0 Å². The summed E-state index contributed by atoms with van der Waals surface area (Å²) in [5.74, 6) is -0.845. The molecule has 0 atom stereocenters. The minimum atomic E-state index is -4.59. The summed E-state index contributed by atoms with van der Waals surface area (Å²) in [5, 5.41) is 2.71. The second kappa shape index (κ2) is 5.94. The number of alkyl halides is 3. The zero-order valence-electron chi connectivity index (χ0n) is 10.8. The molecule has 1 aromatic heterocycles. The number of rotatable bonds is 4. The molecule has 0 spiro atoms. The van der Waals surface area contributed by atoms with E-state index < -0.39 is 17.8 Å². The van der Waals surface area contributed by atoms with Crippen molar-refractivity contribution in [1.29, 1.82) is 0 Å². The van der Waals surface area contributed by atoms with Crippen LogP contribution in [0, 0.1) is 5.82 Å². The molecule has 21 heavy (non-hydrogen) atoms. The van der Waals surface area contributed by atoms with E-state index in [-0.39, 0.29) is 18.2 Å². The summed E-state index contributed by atoms with van der Waals surface area (Å²) in [4.78, 5) is 6.81. The van der Waals surface area contributed by atoms with Crippen LogP contribution in [0.25, 0.3) is 0 Å². The molecule has 0 aliphatic carbocycles. The zero-order chi connectivity index (χ0) is 15.5. The van der Waals surface area contributed by atoms with Crippen LogP contribution in [-0.4, -0.2) is 16.5 Å². The lowest BCUT2D eigenvalue weighted by molar-refractivity contribution is -0.141. The largest absolute Gasteiger partial charge is 0.433 e. The number of nitrogens with two attached hydrogens (primary N) is 1. The third kappa shape index (κ3) is 4.30. The normalized spacial score (nSPS) is 11.4. The van der Waals surface area contributed by atoms with Crippen molar-refractivity contribution < 1.29 is 17.6 Å². The Bertz CT molecular complexity index is 628. The number of hydrogen-bond acceptors (Lipinski definition) is 4. The maximum Gasteiger partial charge on any atom is 0.433 e. The smallest absolute Gasteiger partial charge is 0.370 e. The van der Waals surface area contributed by atoms with Gasteiger partial charge in [-0.15, -0.1) is 0 Å². The van der Waals surface area contributed by atoms with Gasteiger partial charge in [0.05, 0.1) is 0 Å². The van der Waals surface area contributed by atoms with E-state index in [1.54, 1.807) is 12.1 Å². The van der Waals surface area contributed by atoms with Gasteiger partial charge in [0.25, 0.3) is 0 Å². The molecule has 1 heterocycles. The van der Waals surface area contributed by atoms with Crippen LogP contribution < -0.4 is 11.1 Å². The first kappa shape index (κ1) is 15.0. The van der Waals surface area contributed by atoms with E-state index in [1.807, 2.05) is 0 Å². The Balaban J connectivity index is 2.02. The van der Waals surface area contributed by atoms with Crippen LogP contribution in [0.1, 0.15) is 11.3 Å². The van der Waals surface area contributed by atoms with Gasteiger partial charge in [0, 0.05) is 12.6 Å². The zero-order valence-corrected chi connectivity index (χ0v) is 10.8. The molecule has 3 N–H and O–H groups in total. The van der Waals surface area contributed by atoms with Crippen LogP contribution in [0.15, 0.2) is 30.3 Å². The summed E-state index contributed by atoms with van der Waals surface area (Å²) < 4.78 is 50.7. The lowest BCUT2D eigenvalue weighted by atomic mass is 10.1. The second-order valence-corrected chi connectivity index (χ2v) is 4.30. The van der Waals surface area contributed by atoms with E-state index in [0.29, 0.717) is 6.42 Å². The number of hydrogen-bond donors (Lipinski definition) is 2. The van der Waals surface area contributed by atoms with E-state index in [9.17, 15) is 17.6 Å². The predicted octanol–water partition coefficient (Wildman–Crippen LogP) is 2.87. The SMILES string of the molecule is Nc1nc(NCCc2cccc(F)c2)cc(C(F)(F)F)n1. The van der Waals surface area contributed by atoms with Gasteiger partial charge in [-0.3, -0.25) is 0 Å². The van der Waals surface area contributed by atoms with Gasteiger partial charge < -0.3 is 11.1 Å². The van der Waals surface area contributed by atoms with Crippen molar-refractivity contribution >= 4 is 11.8 Å². The number of nitrogens with zero attached hydrogens (tertiary/aromatic N) is 2. The molecular weight excluding hydrogens is 288 g/mol. The summed E-state index contributed by atoms with van der Waals surface area (Å²) in [7, 11) is 0. The molecule has 0 unspecified atom stereocenters. The van der Waals surface area contributed by atoms with Crippen molar-refractivity contribution in [3.8, 4) is 0 Å². The highest BCUT2D eigenvalue weighted by Crippen LogP contribution is 2.29. The molecule has 1 aromatic carbocycles. The number of nitrogen functional groups attached to an aromatic ring is 1. The van der Waals surface area contributed by atoms with Crippen LogP contribution in [-0.2, 0) is 12.6 Å². The summed E-state index contributed by atoms with van der Waals surface area (Å²) in [6.07, 6.45) is -4.15. The molecule has 2 rings (SSSR count). The second-order valence-electron chi connectivity index (χ2n) is 4.30. The van der Waals surface area contributed by atoms with Crippen LogP contribution in [0.4, 0.5) is 29.3 Å². The van der Waals surface area contributed by atoms with Crippen molar-refractivity contribution in [2.75, 3.05) is 17.6 Å². The summed E-state index contributed by atoms with van der Waals surface area (Å²) in [6.45, 7) is 0.289. The van der Waals surface area contributed by atoms with E-state index in [4.69, 9.17) is 5.73 Å². The van der Waals surface area contributed by atoms with E-state index >= 15 is 0 Å². The van der Waals surface area contributed by atoms with Crippen molar-refractivity contribution in [2.45, 2.75) is 12.6 Å². The maximum atomic E-state index is 13.0. The number of nitrogens with one attached hydrogen (secondary N) is 1. The Labute approximate surface area is 118 Å². The molecule has 0 aliphatic heterocycles. The Kier molecular flexibility index (Phi) is 4.25. The minimum Gasteiger partial charge on any atom is -0.370 e. The minimum absolute atomic E-state index is 0.0220. The Morgan fingerprint density at radius 2 is 1.90 bits per heavy atom. The number of halogens is 4. The van der Waals surface area contributed by atoms with E-state index in [0.717, 1.165) is 11.6 Å². The highest BCUT2D eigenvalue weighted by Gasteiger charge is 2.33. The average molecular weight is 300 g/mol. The van der Waals surface area contributed by atoms with Gasteiger partial charge in [-0.2, -0.15) is 18.2 Å². The van der Waals surface area contributed by atoms with Gasteiger partial charge in [0.2, 0.25) is 5.95 Å². The standard InChI is InChI=1S/C13H12F4N4/c14-9-3-1-2-8(6-9)4-5-19-11-7-10(13(15,16)17)20-12(18)21-11/h1-3,6-7H,4-5H2,(H3,18,19,20,21). The van der Waals surface area contributed by atoms with E-state index in [1.165, 1.54) is 12.1 Å². The molecule has 0 bridgehead atoms. The van der Waals surface area contributed by atoms with Gasteiger partial charge in [-0.25, -0.2) is 9.37 Å². The monoisotopic (exact) mass is 300 g/mol. The number of anilines is 2. The fraction of sp³-hybridized carbons (Fsp3) is 0.231. The topological polar surface area (TPSA) is 63.8 Å². The molecular formula is C13H12F4N4. The van der Waals surface area contributed by atoms with Crippen molar-refractivity contribution in [2.24, 2.45) is 0 Å². The van der Waals surface area contributed by atoms with Gasteiger partial charge in [0.15, 0.2) is 5.69 Å². The molecule has 2 aromatic rings.